The molecule has 1 fully saturated rings. The van der Waals surface area contributed by atoms with E-state index in [2.05, 4.69) is 5.32 Å². The molecular weight excluding hydrogens is 303 g/mol. The normalized spacial score (nSPS) is 14.8. The molecule has 0 saturated carbocycles. The molecule has 0 radical (unpaired) electrons. The molecule has 1 N–H and O–H groups in total. The number of urea groups is 1. The van der Waals surface area contributed by atoms with Crippen molar-refractivity contribution in [2.24, 2.45) is 0 Å². The van der Waals surface area contributed by atoms with E-state index in [4.69, 9.17) is 32.7 Å². The van der Waals surface area contributed by atoms with Crippen molar-refractivity contribution >= 4 is 29.2 Å². The molecule has 1 saturated heterocycles. The Hall–Kier alpha value is -1.17. The van der Waals surface area contributed by atoms with Crippen LogP contribution in [0.15, 0.2) is 18.2 Å². The predicted octanol–water partition coefficient (Wildman–Crippen LogP) is 2.41. The van der Waals surface area contributed by atoms with Gasteiger partial charge in [-0.3, -0.25) is 0 Å². The van der Waals surface area contributed by atoms with E-state index in [1.165, 1.54) is 0 Å². The summed E-state index contributed by atoms with van der Waals surface area (Å²) >= 11 is 11.7. The molecule has 0 spiro atoms. The smallest absolute Gasteiger partial charge is 0.317 e. The first-order valence-electron chi connectivity index (χ1n) is 6.23. The average molecular weight is 319 g/mol. The van der Waals surface area contributed by atoms with Gasteiger partial charge in [-0.2, -0.15) is 0 Å². The number of rotatable bonds is 5. The van der Waals surface area contributed by atoms with Crippen LogP contribution in [0.1, 0.15) is 0 Å². The summed E-state index contributed by atoms with van der Waals surface area (Å²) in [5.41, 5.74) is 0. The molecule has 1 aliphatic heterocycles. The lowest BCUT2D eigenvalue weighted by atomic mass is 10.2. The van der Waals surface area contributed by atoms with Crippen LogP contribution in [0.3, 0.4) is 0 Å². The van der Waals surface area contributed by atoms with Gasteiger partial charge < -0.3 is 19.7 Å². The van der Waals surface area contributed by atoms with Crippen LogP contribution in [-0.2, 0) is 4.74 Å². The third-order valence-corrected chi connectivity index (χ3v) is 3.65. The number of carbonyl (C=O) groups is 1. The molecule has 7 heteroatoms. The lowest BCUT2D eigenvalue weighted by molar-refractivity contribution is 0.0438. The number of ether oxygens (including phenoxy) is 2. The zero-order chi connectivity index (χ0) is 14.5. The SMILES string of the molecule is COCCNC(=O)N1CC(Oc2ccc(Cl)c(Cl)c2)C1. The molecule has 110 valence electrons. The Morgan fingerprint density at radius 2 is 2.15 bits per heavy atom. The van der Waals surface area contributed by atoms with Gasteiger partial charge in [0, 0.05) is 19.7 Å². The van der Waals surface area contributed by atoms with Gasteiger partial charge in [-0.25, -0.2) is 4.79 Å². The van der Waals surface area contributed by atoms with E-state index >= 15 is 0 Å². The van der Waals surface area contributed by atoms with Crippen molar-refractivity contribution in [3.63, 3.8) is 0 Å². The minimum atomic E-state index is -0.101. The second kappa shape index (κ2) is 7.02. The van der Waals surface area contributed by atoms with Gasteiger partial charge in [-0.05, 0) is 12.1 Å². The van der Waals surface area contributed by atoms with Crippen molar-refractivity contribution in [1.82, 2.24) is 10.2 Å². The molecule has 1 aliphatic rings. The molecule has 2 rings (SSSR count). The standard InChI is InChI=1S/C13H16Cl2N2O3/c1-19-5-4-16-13(18)17-7-10(8-17)20-9-2-3-11(14)12(15)6-9/h2-3,6,10H,4-5,7-8H2,1H3,(H,16,18). The maximum absolute atomic E-state index is 11.7. The number of hydrogen-bond donors (Lipinski definition) is 1. The summed E-state index contributed by atoms with van der Waals surface area (Å²) in [4.78, 5) is 13.3. The van der Waals surface area contributed by atoms with Gasteiger partial charge >= 0.3 is 6.03 Å². The van der Waals surface area contributed by atoms with Crippen LogP contribution in [0.5, 0.6) is 5.75 Å². The predicted molar refractivity (Wildman–Crippen MR) is 77.7 cm³/mol. The van der Waals surface area contributed by atoms with Gasteiger partial charge in [0.05, 0.1) is 29.7 Å². The van der Waals surface area contributed by atoms with Crippen molar-refractivity contribution in [1.29, 1.82) is 0 Å². The molecular formula is C13H16Cl2N2O3. The number of hydrogen-bond acceptors (Lipinski definition) is 3. The van der Waals surface area contributed by atoms with E-state index in [9.17, 15) is 4.79 Å². The zero-order valence-corrected chi connectivity index (χ0v) is 12.6. The number of halogens is 2. The van der Waals surface area contributed by atoms with Crippen molar-refractivity contribution in [2.75, 3.05) is 33.4 Å². The maximum atomic E-state index is 11.7. The van der Waals surface area contributed by atoms with Crippen LogP contribution in [0.2, 0.25) is 10.0 Å². The molecule has 5 nitrogen and oxygen atoms in total. The van der Waals surface area contributed by atoms with E-state index in [0.29, 0.717) is 42.0 Å². The molecule has 20 heavy (non-hydrogen) atoms. The zero-order valence-electron chi connectivity index (χ0n) is 11.1. The quantitative estimate of drug-likeness (QED) is 0.848. The van der Waals surface area contributed by atoms with E-state index in [-0.39, 0.29) is 12.1 Å². The van der Waals surface area contributed by atoms with Gasteiger partial charge in [-0.1, -0.05) is 23.2 Å². The number of benzene rings is 1. The number of likely N-dealkylation sites (tertiary alicyclic amines) is 1. The molecule has 1 heterocycles. The maximum Gasteiger partial charge on any atom is 0.317 e. The summed E-state index contributed by atoms with van der Waals surface area (Å²) in [6.07, 6.45) is -0.0135. The fourth-order valence-corrected chi connectivity index (χ4v) is 2.08. The summed E-state index contributed by atoms with van der Waals surface area (Å²) in [7, 11) is 1.59. The number of nitrogens with one attached hydrogen (secondary N) is 1. The molecule has 0 aromatic heterocycles. The Kier molecular flexibility index (Phi) is 5.34. The lowest BCUT2D eigenvalue weighted by Gasteiger charge is -2.38. The Balaban J connectivity index is 1.73. The fraction of sp³-hybridized carbons (Fsp3) is 0.462. The lowest BCUT2D eigenvalue weighted by Crippen LogP contribution is -2.59. The summed E-state index contributed by atoms with van der Waals surface area (Å²) < 4.78 is 10.6. The number of amides is 2. The van der Waals surface area contributed by atoms with Crippen molar-refractivity contribution in [3.8, 4) is 5.75 Å². The van der Waals surface area contributed by atoms with Crippen LogP contribution >= 0.6 is 23.2 Å². The molecule has 1 aromatic carbocycles. The van der Waals surface area contributed by atoms with E-state index < -0.39 is 0 Å². The third kappa shape index (κ3) is 3.91. The summed E-state index contributed by atoms with van der Waals surface area (Å²) in [6.45, 7) is 2.12. The summed E-state index contributed by atoms with van der Waals surface area (Å²) in [6, 6.07) is 5.02. The summed E-state index contributed by atoms with van der Waals surface area (Å²) in [5, 5.41) is 3.70. The fourth-order valence-electron chi connectivity index (χ4n) is 1.79. The first-order chi connectivity index (χ1) is 9.60. The Morgan fingerprint density at radius 1 is 1.40 bits per heavy atom. The van der Waals surface area contributed by atoms with Crippen molar-refractivity contribution in [2.45, 2.75) is 6.10 Å². The third-order valence-electron chi connectivity index (χ3n) is 2.91. The van der Waals surface area contributed by atoms with Gasteiger partial charge in [0.25, 0.3) is 0 Å². The minimum Gasteiger partial charge on any atom is -0.487 e. The molecule has 2 amide bonds. The Bertz CT molecular complexity index is 479. The van der Waals surface area contributed by atoms with E-state index in [0.717, 1.165) is 0 Å². The largest absolute Gasteiger partial charge is 0.487 e. The highest BCUT2D eigenvalue weighted by atomic mass is 35.5. The second-order valence-electron chi connectivity index (χ2n) is 4.45. The first kappa shape index (κ1) is 15.2. The van der Waals surface area contributed by atoms with Crippen molar-refractivity contribution in [3.05, 3.63) is 28.2 Å². The first-order valence-corrected chi connectivity index (χ1v) is 6.99. The molecule has 0 bridgehead atoms. The monoisotopic (exact) mass is 318 g/mol. The highest BCUT2D eigenvalue weighted by molar-refractivity contribution is 6.42. The van der Waals surface area contributed by atoms with Gasteiger partial charge in [-0.15, -0.1) is 0 Å². The summed E-state index contributed by atoms with van der Waals surface area (Å²) in [5.74, 6) is 0.656. The molecule has 0 unspecified atom stereocenters. The highest BCUT2D eigenvalue weighted by Gasteiger charge is 2.32. The van der Waals surface area contributed by atoms with Crippen LogP contribution in [0.25, 0.3) is 0 Å². The van der Waals surface area contributed by atoms with E-state index in [1.807, 2.05) is 0 Å². The number of carbonyl (C=O) groups excluding carboxylic acids is 1. The molecule has 0 atom stereocenters. The van der Waals surface area contributed by atoms with Gasteiger partial charge in [0.15, 0.2) is 0 Å². The molecule has 0 aliphatic carbocycles. The second-order valence-corrected chi connectivity index (χ2v) is 5.26. The minimum absolute atomic E-state index is 0.0135. The number of methoxy groups -OCH3 is 1. The van der Waals surface area contributed by atoms with Crippen molar-refractivity contribution < 1.29 is 14.3 Å². The van der Waals surface area contributed by atoms with Crippen LogP contribution in [0.4, 0.5) is 4.79 Å². The Morgan fingerprint density at radius 3 is 2.80 bits per heavy atom. The molecule has 1 aromatic rings. The average Bonchev–Trinajstić information content (AvgIpc) is 2.37. The van der Waals surface area contributed by atoms with E-state index in [1.54, 1.807) is 30.2 Å². The van der Waals surface area contributed by atoms with Gasteiger partial charge in [0.1, 0.15) is 11.9 Å². The number of nitrogens with zero attached hydrogens (tertiary/aromatic N) is 1. The Labute approximate surface area is 127 Å². The topological polar surface area (TPSA) is 50.8 Å². The van der Waals surface area contributed by atoms with Crippen LogP contribution in [0, 0.1) is 0 Å². The highest BCUT2D eigenvalue weighted by Crippen LogP contribution is 2.27. The van der Waals surface area contributed by atoms with Crippen LogP contribution in [-0.4, -0.2) is 50.4 Å². The van der Waals surface area contributed by atoms with Gasteiger partial charge in [0.2, 0.25) is 0 Å². The van der Waals surface area contributed by atoms with Crippen LogP contribution < -0.4 is 10.1 Å².